The molecule has 0 fully saturated rings. The molecule has 3 aromatic carbocycles. The zero-order valence-electron chi connectivity index (χ0n) is 13.1. The normalized spacial score (nSPS) is 13.6. The van der Waals surface area contributed by atoms with E-state index in [0.717, 1.165) is 27.6 Å². The number of fused-ring (bicyclic) bond motifs is 1. The van der Waals surface area contributed by atoms with Crippen LogP contribution in [0.25, 0.3) is 0 Å². The molecule has 0 amide bonds. The van der Waals surface area contributed by atoms with Crippen molar-refractivity contribution < 1.29 is 0 Å². The Morgan fingerprint density at radius 1 is 0.750 bits per heavy atom. The Balaban J connectivity index is 1.73. The highest BCUT2D eigenvalue weighted by atomic mass is 32.1. The van der Waals surface area contributed by atoms with Crippen molar-refractivity contribution in [1.29, 1.82) is 0 Å². The van der Waals surface area contributed by atoms with Gasteiger partial charge >= 0.3 is 0 Å². The molecule has 3 aromatic rings. The van der Waals surface area contributed by atoms with Crippen molar-refractivity contribution in [3.05, 3.63) is 90.5 Å². The topological polar surface area (TPSA) is 18.5 Å². The summed E-state index contributed by atoms with van der Waals surface area (Å²) >= 11 is 5.72. The monoisotopic (exact) mass is 331 g/mol. The van der Waals surface area contributed by atoms with E-state index in [-0.39, 0.29) is 0 Å². The standard InChI is InChI=1S/C20H17N3S/c24-20-18-13-7-8-14-19(18)22(17-11-5-2-6-12-17)15-23(20)21-16-9-3-1-4-10-16/h1-14,21H,15H2. The lowest BCUT2D eigenvalue weighted by atomic mass is 10.1. The summed E-state index contributed by atoms with van der Waals surface area (Å²) in [5, 5.41) is 2.01. The van der Waals surface area contributed by atoms with E-state index in [9.17, 15) is 0 Å². The van der Waals surface area contributed by atoms with E-state index in [4.69, 9.17) is 12.2 Å². The Labute approximate surface area is 147 Å². The number of rotatable bonds is 3. The summed E-state index contributed by atoms with van der Waals surface area (Å²) in [7, 11) is 0. The molecule has 0 unspecified atom stereocenters. The first kappa shape index (κ1) is 14.7. The molecule has 0 saturated carbocycles. The Morgan fingerprint density at radius 3 is 2.12 bits per heavy atom. The van der Waals surface area contributed by atoms with E-state index >= 15 is 0 Å². The lowest BCUT2D eigenvalue weighted by Crippen LogP contribution is -2.47. The summed E-state index contributed by atoms with van der Waals surface area (Å²) in [6.45, 7) is 0.648. The van der Waals surface area contributed by atoms with Crippen molar-refractivity contribution in [2.45, 2.75) is 0 Å². The van der Waals surface area contributed by atoms with Crippen LogP contribution in [-0.4, -0.2) is 16.7 Å². The highest BCUT2D eigenvalue weighted by molar-refractivity contribution is 7.80. The molecular formula is C20H17N3S. The van der Waals surface area contributed by atoms with Crippen LogP contribution in [0.2, 0.25) is 0 Å². The molecule has 0 radical (unpaired) electrons. The summed E-state index contributed by atoms with van der Waals surface area (Å²) in [5.41, 5.74) is 7.79. The Bertz CT molecular complexity index is 849. The molecule has 1 aliphatic rings. The smallest absolute Gasteiger partial charge is 0.131 e. The lowest BCUT2D eigenvalue weighted by molar-refractivity contribution is 0.505. The van der Waals surface area contributed by atoms with Crippen LogP contribution in [0.4, 0.5) is 17.1 Å². The fourth-order valence-corrected chi connectivity index (χ4v) is 3.18. The van der Waals surface area contributed by atoms with Crippen molar-refractivity contribution in [1.82, 2.24) is 5.01 Å². The van der Waals surface area contributed by atoms with Crippen LogP contribution in [-0.2, 0) is 0 Å². The average Bonchev–Trinajstić information content (AvgIpc) is 2.66. The maximum absolute atomic E-state index is 5.72. The minimum Gasteiger partial charge on any atom is -0.321 e. The molecule has 4 rings (SSSR count). The summed E-state index contributed by atoms with van der Waals surface area (Å²) in [6.07, 6.45) is 0. The maximum atomic E-state index is 5.72. The first-order valence-corrected chi connectivity index (χ1v) is 8.29. The Morgan fingerprint density at radius 2 is 1.38 bits per heavy atom. The maximum Gasteiger partial charge on any atom is 0.131 e. The number of nitrogens with one attached hydrogen (secondary N) is 1. The quantitative estimate of drug-likeness (QED) is 0.695. The number of thiocarbonyl (C=S) groups is 1. The van der Waals surface area contributed by atoms with Crippen LogP contribution in [0, 0.1) is 0 Å². The highest BCUT2D eigenvalue weighted by Crippen LogP contribution is 2.33. The molecule has 1 aliphatic heterocycles. The van der Waals surface area contributed by atoms with Gasteiger partial charge in [0.2, 0.25) is 0 Å². The SMILES string of the molecule is S=C1c2ccccc2N(c2ccccc2)CN1Nc1ccccc1. The number of hydrazine groups is 1. The van der Waals surface area contributed by atoms with E-state index in [0.29, 0.717) is 6.67 Å². The molecule has 0 aliphatic carbocycles. The zero-order valence-corrected chi connectivity index (χ0v) is 13.9. The summed E-state index contributed by atoms with van der Waals surface area (Å²) in [6, 6.07) is 28.8. The number of benzene rings is 3. The summed E-state index contributed by atoms with van der Waals surface area (Å²) in [5.74, 6) is 0. The van der Waals surface area contributed by atoms with Crippen LogP contribution in [0.3, 0.4) is 0 Å². The van der Waals surface area contributed by atoms with Crippen LogP contribution in [0.15, 0.2) is 84.9 Å². The first-order valence-electron chi connectivity index (χ1n) is 7.88. The van der Waals surface area contributed by atoms with E-state index < -0.39 is 0 Å². The van der Waals surface area contributed by atoms with Gasteiger partial charge in [-0.1, -0.05) is 60.7 Å². The Hall–Kier alpha value is -2.85. The van der Waals surface area contributed by atoms with Crippen molar-refractivity contribution in [3.63, 3.8) is 0 Å². The van der Waals surface area contributed by atoms with Gasteiger partial charge in [0.15, 0.2) is 0 Å². The molecule has 0 bridgehead atoms. The fourth-order valence-electron chi connectivity index (χ4n) is 2.90. The van der Waals surface area contributed by atoms with Gasteiger partial charge in [-0.2, -0.15) is 0 Å². The lowest BCUT2D eigenvalue weighted by Gasteiger charge is -2.40. The number of hydrogen-bond donors (Lipinski definition) is 1. The van der Waals surface area contributed by atoms with Gasteiger partial charge in [0, 0.05) is 11.3 Å². The predicted molar refractivity (Wildman–Crippen MR) is 103 cm³/mol. The minimum absolute atomic E-state index is 0.648. The van der Waals surface area contributed by atoms with Gasteiger partial charge in [-0.05, 0) is 36.4 Å². The molecule has 0 aromatic heterocycles. The third-order valence-corrected chi connectivity index (χ3v) is 4.50. The van der Waals surface area contributed by atoms with Crippen LogP contribution < -0.4 is 10.3 Å². The number of nitrogens with zero attached hydrogens (tertiary/aromatic N) is 2. The molecule has 1 N–H and O–H groups in total. The second-order valence-corrected chi connectivity index (χ2v) is 6.02. The van der Waals surface area contributed by atoms with Gasteiger partial charge in [-0.25, -0.2) is 0 Å². The second-order valence-electron chi connectivity index (χ2n) is 5.63. The van der Waals surface area contributed by atoms with E-state index in [1.165, 1.54) is 0 Å². The van der Waals surface area contributed by atoms with E-state index in [1.54, 1.807) is 0 Å². The molecule has 0 saturated heterocycles. The molecule has 0 atom stereocenters. The second kappa shape index (κ2) is 6.34. The molecule has 0 spiro atoms. The third kappa shape index (κ3) is 2.72. The zero-order chi connectivity index (χ0) is 16.4. The van der Waals surface area contributed by atoms with Gasteiger partial charge in [0.05, 0.1) is 11.4 Å². The molecule has 24 heavy (non-hydrogen) atoms. The third-order valence-electron chi connectivity index (χ3n) is 4.06. The highest BCUT2D eigenvalue weighted by Gasteiger charge is 2.27. The first-order chi connectivity index (χ1) is 11.8. The van der Waals surface area contributed by atoms with Crippen molar-refractivity contribution in [2.75, 3.05) is 17.0 Å². The number of para-hydroxylation sites is 3. The molecule has 1 heterocycles. The Kier molecular flexibility index (Phi) is 3.89. The summed E-state index contributed by atoms with van der Waals surface area (Å²) in [4.78, 5) is 3.07. The van der Waals surface area contributed by atoms with Gasteiger partial charge in [-0.3, -0.25) is 10.4 Å². The summed E-state index contributed by atoms with van der Waals surface area (Å²) < 4.78 is 0. The van der Waals surface area contributed by atoms with Gasteiger partial charge in [-0.15, -0.1) is 0 Å². The average molecular weight is 331 g/mol. The molecule has 3 nitrogen and oxygen atoms in total. The van der Waals surface area contributed by atoms with E-state index in [2.05, 4.69) is 52.8 Å². The molecule has 4 heteroatoms. The van der Waals surface area contributed by atoms with Crippen molar-refractivity contribution in [2.24, 2.45) is 0 Å². The van der Waals surface area contributed by atoms with Crippen LogP contribution in [0.5, 0.6) is 0 Å². The minimum atomic E-state index is 0.648. The predicted octanol–water partition coefficient (Wildman–Crippen LogP) is 4.80. The van der Waals surface area contributed by atoms with Gasteiger partial charge < -0.3 is 4.90 Å². The largest absolute Gasteiger partial charge is 0.321 e. The molecular weight excluding hydrogens is 314 g/mol. The molecule has 118 valence electrons. The van der Waals surface area contributed by atoms with Crippen LogP contribution >= 0.6 is 12.2 Å². The van der Waals surface area contributed by atoms with Gasteiger partial charge in [0.1, 0.15) is 11.7 Å². The van der Waals surface area contributed by atoms with Crippen molar-refractivity contribution >= 4 is 34.3 Å². The number of hydrogen-bond acceptors (Lipinski definition) is 3. The van der Waals surface area contributed by atoms with Crippen LogP contribution in [0.1, 0.15) is 5.56 Å². The fraction of sp³-hybridized carbons (Fsp3) is 0.0500. The number of anilines is 3. The van der Waals surface area contributed by atoms with Crippen molar-refractivity contribution in [3.8, 4) is 0 Å². The van der Waals surface area contributed by atoms with E-state index in [1.807, 2.05) is 47.5 Å². The van der Waals surface area contributed by atoms with Gasteiger partial charge in [0.25, 0.3) is 0 Å².